The molecule has 0 spiro atoms. The van der Waals surface area contributed by atoms with Crippen molar-refractivity contribution in [3.8, 4) is 0 Å². The summed E-state index contributed by atoms with van der Waals surface area (Å²) in [5, 5.41) is 0. The van der Waals surface area contributed by atoms with Crippen molar-refractivity contribution in [1.82, 2.24) is 0 Å². The topological polar surface area (TPSA) is 17.1 Å². The number of carbonyl (C=O) groups is 1. The molecular formula is C12H14F2O. The van der Waals surface area contributed by atoms with Crippen LogP contribution < -0.4 is 0 Å². The molecule has 0 N–H and O–H groups in total. The van der Waals surface area contributed by atoms with Crippen LogP contribution in [0.15, 0.2) is 24.3 Å². The fraction of sp³-hybridized carbons (Fsp3) is 0.417. The number of halogens is 2. The molecule has 1 aromatic carbocycles. The van der Waals surface area contributed by atoms with Gasteiger partial charge in [-0.25, -0.2) is 8.78 Å². The van der Waals surface area contributed by atoms with E-state index in [2.05, 4.69) is 0 Å². The first kappa shape index (κ1) is 11.8. The molecule has 0 radical (unpaired) electrons. The van der Waals surface area contributed by atoms with Gasteiger partial charge < -0.3 is 0 Å². The number of hydrogen-bond acceptors (Lipinski definition) is 1. The van der Waals surface area contributed by atoms with Crippen LogP contribution in [0.5, 0.6) is 0 Å². The SMILES string of the molecule is CC(C)Cc1cccc(C(=O)C(F)F)c1. The zero-order chi connectivity index (χ0) is 11.4. The van der Waals surface area contributed by atoms with Crippen LogP contribution in [-0.2, 0) is 6.42 Å². The average molecular weight is 212 g/mol. The Kier molecular flexibility index (Phi) is 3.95. The third-order valence-corrected chi connectivity index (χ3v) is 2.05. The van der Waals surface area contributed by atoms with Gasteiger partial charge in [0.15, 0.2) is 0 Å². The van der Waals surface area contributed by atoms with Crippen LogP contribution >= 0.6 is 0 Å². The quantitative estimate of drug-likeness (QED) is 0.699. The molecule has 3 heteroatoms. The molecule has 0 saturated carbocycles. The highest BCUT2D eigenvalue weighted by molar-refractivity contribution is 5.98. The molecule has 0 amide bonds. The molecule has 0 bridgehead atoms. The Bertz CT molecular complexity index is 345. The van der Waals surface area contributed by atoms with Gasteiger partial charge in [-0.3, -0.25) is 4.79 Å². The second-order valence-electron chi connectivity index (χ2n) is 3.96. The maximum atomic E-state index is 12.2. The Morgan fingerprint density at radius 2 is 2.00 bits per heavy atom. The van der Waals surface area contributed by atoms with E-state index in [-0.39, 0.29) is 5.56 Å². The second kappa shape index (κ2) is 5.01. The van der Waals surface area contributed by atoms with E-state index >= 15 is 0 Å². The summed E-state index contributed by atoms with van der Waals surface area (Å²) in [6.45, 7) is 4.09. The van der Waals surface area contributed by atoms with Crippen molar-refractivity contribution in [2.75, 3.05) is 0 Å². The molecule has 0 heterocycles. The van der Waals surface area contributed by atoms with Gasteiger partial charge in [0, 0.05) is 5.56 Å². The molecule has 0 aliphatic carbocycles. The molecule has 0 saturated heterocycles. The van der Waals surface area contributed by atoms with Crippen LogP contribution in [0.2, 0.25) is 0 Å². The molecule has 0 aromatic heterocycles. The Labute approximate surface area is 88.1 Å². The highest BCUT2D eigenvalue weighted by atomic mass is 19.3. The number of ketones is 1. The minimum atomic E-state index is -2.92. The van der Waals surface area contributed by atoms with Gasteiger partial charge in [-0.1, -0.05) is 32.0 Å². The summed E-state index contributed by atoms with van der Waals surface area (Å²) in [6, 6.07) is 6.47. The van der Waals surface area contributed by atoms with E-state index in [1.165, 1.54) is 6.07 Å². The van der Waals surface area contributed by atoms with Crippen LogP contribution in [-0.4, -0.2) is 12.2 Å². The van der Waals surface area contributed by atoms with Gasteiger partial charge >= 0.3 is 6.43 Å². The molecule has 0 atom stereocenters. The van der Waals surface area contributed by atoms with E-state index in [0.717, 1.165) is 12.0 Å². The predicted molar refractivity (Wildman–Crippen MR) is 55.3 cm³/mol. The third-order valence-electron chi connectivity index (χ3n) is 2.05. The minimum absolute atomic E-state index is 0.100. The maximum absolute atomic E-state index is 12.2. The molecule has 0 unspecified atom stereocenters. The summed E-state index contributed by atoms with van der Waals surface area (Å²) in [7, 11) is 0. The van der Waals surface area contributed by atoms with E-state index in [9.17, 15) is 13.6 Å². The number of Topliss-reactive ketones (excluding diaryl/α,β-unsaturated/α-hetero) is 1. The highest BCUT2D eigenvalue weighted by Crippen LogP contribution is 2.13. The fourth-order valence-electron chi connectivity index (χ4n) is 1.45. The smallest absolute Gasteiger partial charge is 0.288 e. The summed E-state index contributed by atoms with van der Waals surface area (Å²) in [5.74, 6) is -0.650. The van der Waals surface area contributed by atoms with E-state index in [1.54, 1.807) is 12.1 Å². The standard InChI is InChI=1S/C12H14F2O/c1-8(2)6-9-4-3-5-10(7-9)11(15)12(13)14/h3-5,7-8,12H,6H2,1-2H3. The van der Waals surface area contributed by atoms with Crippen LogP contribution in [0.3, 0.4) is 0 Å². The van der Waals surface area contributed by atoms with Gasteiger partial charge in [0.25, 0.3) is 0 Å². The van der Waals surface area contributed by atoms with Crippen LogP contribution in [0.4, 0.5) is 8.78 Å². The van der Waals surface area contributed by atoms with Gasteiger partial charge in [0.2, 0.25) is 5.78 Å². The number of alkyl halides is 2. The summed E-state index contributed by atoms with van der Waals surface area (Å²) < 4.78 is 24.3. The van der Waals surface area contributed by atoms with Gasteiger partial charge in [-0.15, -0.1) is 0 Å². The number of hydrogen-bond donors (Lipinski definition) is 0. The van der Waals surface area contributed by atoms with Gasteiger partial charge in [-0.2, -0.15) is 0 Å². The van der Waals surface area contributed by atoms with Crippen LogP contribution in [0.25, 0.3) is 0 Å². The first-order valence-corrected chi connectivity index (χ1v) is 4.92. The number of benzene rings is 1. The lowest BCUT2D eigenvalue weighted by molar-refractivity contribution is 0.0678. The zero-order valence-corrected chi connectivity index (χ0v) is 8.84. The Hall–Kier alpha value is -1.25. The number of carbonyl (C=O) groups excluding carboxylic acids is 1. The van der Waals surface area contributed by atoms with Crippen molar-refractivity contribution in [3.63, 3.8) is 0 Å². The second-order valence-corrected chi connectivity index (χ2v) is 3.96. The lowest BCUT2D eigenvalue weighted by Gasteiger charge is -2.06. The van der Waals surface area contributed by atoms with Crippen molar-refractivity contribution in [3.05, 3.63) is 35.4 Å². The monoisotopic (exact) mass is 212 g/mol. The van der Waals surface area contributed by atoms with Crippen molar-refractivity contribution < 1.29 is 13.6 Å². The van der Waals surface area contributed by atoms with Gasteiger partial charge in [0.05, 0.1) is 0 Å². The molecular weight excluding hydrogens is 198 g/mol. The number of rotatable bonds is 4. The summed E-state index contributed by atoms with van der Waals surface area (Å²) >= 11 is 0. The van der Waals surface area contributed by atoms with Gasteiger partial charge in [0.1, 0.15) is 0 Å². The first-order valence-electron chi connectivity index (χ1n) is 4.92. The Balaban J connectivity index is 2.87. The van der Waals surface area contributed by atoms with E-state index in [4.69, 9.17) is 0 Å². The summed E-state index contributed by atoms with van der Waals surface area (Å²) in [4.78, 5) is 11.0. The molecule has 0 aliphatic rings. The third kappa shape index (κ3) is 3.42. The minimum Gasteiger partial charge on any atom is -0.288 e. The zero-order valence-electron chi connectivity index (χ0n) is 8.84. The average Bonchev–Trinajstić information content (AvgIpc) is 2.16. The molecule has 1 nitrogen and oxygen atoms in total. The van der Waals surface area contributed by atoms with Crippen molar-refractivity contribution >= 4 is 5.78 Å². The Morgan fingerprint density at radius 3 is 2.53 bits per heavy atom. The van der Waals surface area contributed by atoms with Gasteiger partial charge in [-0.05, 0) is 24.0 Å². The largest absolute Gasteiger partial charge is 0.300 e. The molecule has 82 valence electrons. The lowest BCUT2D eigenvalue weighted by Crippen LogP contribution is -2.10. The molecule has 0 aliphatic heterocycles. The van der Waals surface area contributed by atoms with E-state index in [0.29, 0.717) is 5.92 Å². The summed E-state index contributed by atoms with van der Waals surface area (Å²) in [5.41, 5.74) is 1.03. The Morgan fingerprint density at radius 1 is 1.33 bits per heavy atom. The van der Waals surface area contributed by atoms with Crippen molar-refractivity contribution in [1.29, 1.82) is 0 Å². The predicted octanol–water partition coefficient (Wildman–Crippen LogP) is 3.33. The fourth-order valence-corrected chi connectivity index (χ4v) is 1.45. The maximum Gasteiger partial charge on any atom is 0.300 e. The first-order chi connectivity index (χ1) is 7.00. The molecule has 0 fully saturated rings. The summed E-state index contributed by atoms with van der Waals surface area (Å²) in [6.07, 6.45) is -2.12. The normalized spacial score (nSPS) is 11.1. The van der Waals surface area contributed by atoms with Crippen molar-refractivity contribution in [2.24, 2.45) is 5.92 Å². The highest BCUT2D eigenvalue weighted by Gasteiger charge is 2.17. The lowest BCUT2D eigenvalue weighted by atomic mass is 10.00. The molecule has 15 heavy (non-hydrogen) atoms. The van der Waals surface area contributed by atoms with E-state index in [1.807, 2.05) is 19.9 Å². The van der Waals surface area contributed by atoms with Crippen LogP contribution in [0, 0.1) is 5.92 Å². The molecule has 1 rings (SSSR count). The molecule has 1 aromatic rings. The van der Waals surface area contributed by atoms with Crippen molar-refractivity contribution in [2.45, 2.75) is 26.7 Å². The van der Waals surface area contributed by atoms with Crippen LogP contribution in [0.1, 0.15) is 29.8 Å². The van der Waals surface area contributed by atoms with E-state index < -0.39 is 12.2 Å².